The highest BCUT2D eigenvalue weighted by molar-refractivity contribution is 6.13. The Morgan fingerprint density at radius 1 is 1.46 bits per heavy atom. The van der Waals surface area contributed by atoms with Gasteiger partial charge < -0.3 is 4.90 Å². The molecule has 0 fully saturated rings. The summed E-state index contributed by atoms with van der Waals surface area (Å²) in [5.41, 5.74) is 0.675. The Bertz CT molecular complexity index is 217. The van der Waals surface area contributed by atoms with Crippen LogP contribution in [0, 0.1) is 0 Å². The number of ketones is 1. The molecule has 3 heteroatoms. The summed E-state index contributed by atoms with van der Waals surface area (Å²) < 4.78 is 0. The third-order valence-electron chi connectivity index (χ3n) is 1.46. The van der Waals surface area contributed by atoms with Crippen LogP contribution in [0.15, 0.2) is 16.8 Å². The maximum absolute atomic E-state index is 11.5. The number of rotatable bonds is 5. The number of allylic oxidation sites excluding steroid dienone is 1. The molecule has 74 valence electrons. The van der Waals surface area contributed by atoms with Gasteiger partial charge in [0.05, 0.1) is 5.57 Å². The van der Waals surface area contributed by atoms with Crippen molar-refractivity contribution in [3.63, 3.8) is 0 Å². The summed E-state index contributed by atoms with van der Waals surface area (Å²) in [6, 6.07) is 0. The summed E-state index contributed by atoms with van der Waals surface area (Å²) in [6.07, 6.45) is 4.87. The first kappa shape index (κ1) is 11.9. The van der Waals surface area contributed by atoms with Gasteiger partial charge in [-0.05, 0) is 6.42 Å². The number of carbonyl (C=O) groups is 1. The SMILES string of the molecule is CCCC(=O)/C(C=NC)=C/N(C)C. The largest absolute Gasteiger partial charge is 0.383 e. The maximum Gasteiger partial charge on any atom is 0.165 e. The fourth-order valence-corrected chi connectivity index (χ4v) is 0.966. The van der Waals surface area contributed by atoms with Crippen LogP contribution in [0.5, 0.6) is 0 Å². The molecule has 0 atom stereocenters. The number of hydrogen-bond donors (Lipinski definition) is 0. The van der Waals surface area contributed by atoms with E-state index in [0.29, 0.717) is 12.0 Å². The van der Waals surface area contributed by atoms with Gasteiger partial charge in [0.25, 0.3) is 0 Å². The van der Waals surface area contributed by atoms with Gasteiger partial charge >= 0.3 is 0 Å². The van der Waals surface area contributed by atoms with E-state index in [1.165, 1.54) is 0 Å². The number of nitrogens with zero attached hydrogens (tertiary/aromatic N) is 2. The molecule has 0 spiro atoms. The lowest BCUT2D eigenvalue weighted by atomic mass is 10.1. The fraction of sp³-hybridized carbons (Fsp3) is 0.600. The molecule has 0 aliphatic rings. The predicted octanol–water partition coefficient (Wildman–Crippen LogP) is 1.50. The highest BCUT2D eigenvalue weighted by atomic mass is 16.1. The van der Waals surface area contributed by atoms with Crippen molar-refractivity contribution in [2.45, 2.75) is 19.8 Å². The Morgan fingerprint density at radius 3 is 2.46 bits per heavy atom. The minimum absolute atomic E-state index is 0.154. The highest BCUT2D eigenvalue weighted by Crippen LogP contribution is 2.01. The lowest BCUT2D eigenvalue weighted by Crippen LogP contribution is -2.10. The van der Waals surface area contributed by atoms with Crippen LogP contribution in [0.2, 0.25) is 0 Å². The number of aliphatic imine (C=N–C) groups is 1. The molecule has 0 amide bonds. The molecule has 0 aliphatic heterocycles. The van der Waals surface area contributed by atoms with Crippen molar-refractivity contribution in [1.82, 2.24) is 4.90 Å². The zero-order valence-corrected chi connectivity index (χ0v) is 8.87. The summed E-state index contributed by atoms with van der Waals surface area (Å²) in [5, 5.41) is 0. The summed E-state index contributed by atoms with van der Waals surface area (Å²) in [7, 11) is 5.45. The molecule has 0 radical (unpaired) electrons. The van der Waals surface area contributed by atoms with Crippen LogP contribution in [-0.4, -0.2) is 38.0 Å². The highest BCUT2D eigenvalue weighted by Gasteiger charge is 2.05. The second kappa shape index (κ2) is 6.40. The van der Waals surface area contributed by atoms with Crippen LogP contribution in [0.1, 0.15) is 19.8 Å². The summed E-state index contributed by atoms with van der Waals surface area (Å²) in [6.45, 7) is 1.99. The minimum atomic E-state index is 0.154. The minimum Gasteiger partial charge on any atom is -0.383 e. The zero-order valence-electron chi connectivity index (χ0n) is 8.87. The van der Waals surface area contributed by atoms with E-state index in [0.717, 1.165) is 6.42 Å². The van der Waals surface area contributed by atoms with Gasteiger partial charge in [0.1, 0.15) is 0 Å². The Labute approximate surface area is 80.2 Å². The first-order valence-corrected chi connectivity index (χ1v) is 4.45. The average Bonchev–Trinajstić information content (AvgIpc) is 2.03. The van der Waals surface area contributed by atoms with Gasteiger partial charge in [0.15, 0.2) is 5.78 Å². The van der Waals surface area contributed by atoms with E-state index < -0.39 is 0 Å². The molecule has 0 aromatic rings. The smallest absolute Gasteiger partial charge is 0.165 e. The van der Waals surface area contributed by atoms with E-state index in [1.54, 1.807) is 19.5 Å². The van der Waals surface area contributed by atoms with E-state index in [4.69, 9.17) is 0 Å². The van der Waals surface area contributed by atoms with Gasteiger partial charge in [0.2, 0.25) is 0 Å². The van der Waals surface area contributed by atoms with Crippen LogP contribution in [-0.2, 0) is 4.79 Å². The van der Waals surface area contributed by atoms with E-state index in [-0.39, 0.29) is 5.78 Å². The summed E-state index contributed by atoms with van der Waals surface area (Å²) >= 11 is 0. The molecule has 0 saturated carbocycles. The first-order valence-electron chi connectivity index (χ1n) is 4.45. The van der Waals surface area contributed by atoms with Gasteiger partial charge in [-0.25, -0.2) is 0 Å². The van der Waals surface area contributed by atoms with Crippen molar-refractivity contribution in [2.75, 3.05) is 21.1 Å². The van der Waals surface area contributed by atoms with Crippen LogP contribution in [0.25, 0.3) is 0 Å². The lowest BCUT2D eigenvalue weighted by molar-refractivity contribution is -0.115. The van der Waals surface area contributed by atoms with Crippen molar-refractivity contribution < 1.29 is 4.79 Å². The third-order valence-corrected chi connectivity index (χ3v) is 1.46. The van der Waals surface area contributed by atoms with Crippen LogP contribution in [0.4, 0.5) is 0 Å². The van der Waals surface area contributed by atoms with Gasteiger partial charge in [-0.1, -0.05) is 6.92 Å². The van der Waals surface area contributed by atoms with Crippen molar-refractivity contribution in [2.24, 2.45) is 4.99 Å². The summed E-state index contributed by atoms with van der Waals surface area (Å²) in [4.78, 5) is 17.2. The maximum atomic E-state index is 11.5. The van der Waals surface area contributed by atoms with Crippen LogP contribution in [0.3, 0.4) is 0 Å². The molecule has 0 rings (SSSR count). The van der Waals surface area contributed by atoms with E-state index in [1.807, 2.05) is 25.9 Å². The number of hydrogen-bond acceptors (Lipinski definition) is 3. The first-order chi connectivity index (χ1) is 6.11. The number of carbonyl (C=O) groups excluding carboxylic acids is 1. The Hall–Kier alpha value is -1.12. The lowest BCUT2D eigenvalue weighted by Gasteiger charge is -2.07. The van der Waals surface area contributed by atoms with Crippen LogP contribution < -0.4 is 0 Å². The molecule has 0 heterocycles. The molecule has 0 saturated heterocycles. The molecule has 3 nitrogen and oxygen atoms in total. The standard InChI is InChI=1S/C10H18N2O/c1-5-6-10(13)9(7-11-2)8-12(3)4/h7-8H,5-6H2,1-4H3/b9-8+,11-7?. The molecule has 0 aromatic heterocycles. The van der Waals surface area contributed by atoms with Crippen LogP contribution >= 0.6 is 0 Å². The number of Topliss-reactive ketones (excluding diaryl/α,β-unsaturated/α-hetero) is 1. The molecule has 0 aliphatic carbocycles. The fourth-order valence-electron chi connectivity index (χ4n) is 0.966. The zero-order chi connectivity index (χ0) is 10.3. The van der Waals surface area contributed by atoms with E-state index >= 15 is 0 Å². The van der Waals surface area contributed by atoms with Gasteiger partial charge in [-0.3, -0.25) is 9.79 Å². The molecular formula is C10H18N2O. The quantitative estimate of drug-likeness (QED) is 0.477. The molecular weight excluding hydrogens is 164 g/mol. The van der Waals surface area contributed by atoms with Crippen molar-refractivity contribution in [3.05, 3.63) is 11.8 Å². The second-order valence-electron chi connectivity index (χ2n) is 3.11. The van der Waals surface area contributed by atoms with E-state index in [2.05, 4.69) is 4.99 Å². The normalized spacial score (nSPS) is 12.2. The van der Waals surface area contributed by atoms with Gasteiger partial charge in [-0.2, -0.15) is 0 Å². The molecule has 13 heavy (non-hydrogen) atoms. The molecule has 0 bridgehead atoms. The topological polar surface area (TPSA) is 32.7 Å². The van der Waals surface area contributed by atoms with Gasteiger partial charge in [0, 0.05) is 40.0 Å². The Morgan fingerprint density at radius 2 is 2.08 bits per heavy atom. The molecule has 0 N–H and O–H groups in total. The molecule has 0 unspecified atom stereocenters. The van der Waals surface area contributed by atoms with E-state index in [9.17, 15) is 4.79 Å². The van der Waals surface area contributed by atoms with Crippen molar-refractivity contribution in [1.29, 1.82) is 0 Å². The Kier molecular flexibility index (Phi) is 5.85. The average molecular weight is 182 g/mol. The Balaban J connectivity index is 4.50. The predicted molar refractivity (Wildman–Crippen MR) is 56.1 cm³/mol. The summed E-state index contributed by atoms with van der Waals surface area (Å²) in [5.74, 6) is 0.154. The van der Waals surface area contributed by atoms with Crippen molar-refractivity contribution >= 4 is 12.0 Å². The molecule has 0 aromatic carbocycles. The second-order valence-corrected chi connectivity index (χ2v) is 3.11. The monoisotopic (exact) mass is 182 g/mol. The van der Waals surface area contributed by atoms with Gasteiger partial charge in [-0.15, -0.1) is 0 Å². The third kappa shape index (κ3) is 5.17. The van der Waals surface area contributed by atoms with Crippen molar-refractivity contribution in [3.8, 4) is 0 Å².